The van der Waals surface area contributed by atoms with Crippen LogP contribution in [0.3, 0.4) is 0 Å². The van der Waals surface area contributed by atoms with Gasteiger partial charge in [-0.2, -0.15) is 5.10 Å². The Morgan fingerprint density at radius 1 is 1.33 bits per heavy atom. The molecule has 0 aromatic carbocycles. The average Bonchev–Trinajstić information content (AvgIpc) is 2.88. The SMILES string of the molecule is O=C(O)c1ccnc(/C=C/c2ccnn2CC2CCC2)c1. The Balaban J connectivity index is 1.75. The molecular weight excluding hydrogens is 266 g/mol. The van der Waals surface area contributed by atoms with Gasteiger partial charge in [0.1, 0.15) is 0 Å². The van der Waals surface area contributed by atoms with Crippen molar-refractivity contribution in [2.45, 2.75) is 25.8 Å². The summed E-state index contributed by atoms with van der Waals surface area (Å²) in [6.45, 7) is 0.954. The lowest BCUT2D eigenvalue weighted by Gasteiger charge is -2.25. The van der Waals surface area contributed by atoms with E-state index in [1.807, 2.05) is 22.9 Å². The number of nitrogens with zero attached hydrogens (tertiary/aromatic N) is 3. The number of aromatic nitrogens is 3. The Morgan fingerprint density at radius 2 is 2.19 bits per heavy atom. The van der Waals surface area contributed by atoms with E-state index in [1.54, 1.807) is 12.3 Å². The van der Waals surface area contributed by atoms with Crippen LogP contribution in [0.25, 0.3) is 12.2 Å². The number of pyridine rings is 1. The van der Waals surface area contributed by atoms with E-state index in [9.17, 15) is 4.79 Å². The van der Waals surface area contributed by atoms with Gasteiger partial charge in [-0.3, -0.25) is 9.67 Å². The van der Waals surface area contributed by atoms with E-state index in [2.05, 4.69) is 10.1 Å². The summed E-state index contributed by atoms with van der Waals surface area (Å²) in [7, 11) is 0. The summed E-state index contributed by atoms with van der Waals surface area (Å²) in [5.74, 6) is -0.201. The highest BCUT2D eigenvalue weighted by Gasteiger charge is 2.18. The molecule has 108 valence electrons. The second kappa shape index (κ2) is 5.91. The summed E-state index contributed by atoms with van der Waals surface area (Å²) in [4.78, 5) is 15.1. The van der Waals surface area contributed by atoms with Crippen LogP contribution in [0.15, 0.2) is 30.6 Å². The van der Waals surface area contributed by atoms with Crippen molar-refractivity contribution in [2.24, 2.45) is 5.92 Å². The molecule has 0 spiro atoms. The summed E-state index contributed by atoms with van der Waals surface area (Å²) in [6, 6.07) is 5.00. The van der Waals surface area contributed by atoms with Gasteiger partial charge in [-0.25, -0.2) is 4.79 Å². The highest BCUT2D eigenvalue weighted by Crippen LogP contribution is 2.28. The second-order valence-corrected chi connectivity index (χ2v) is 5.34. The molecule has 1 aliphatic rings. The van der Waals surface area contributed by atoms with E-state index in [0.717, 1.165) is 18.2 Å². The molecule has 1 fully saturated rings. The van der Waals surface area contributed by atoms with E-state index in [4.69, 9.17) is 5.11 Å². The van der Waals surface area contributed by atoms with Gasteiger partial charge in [0.2, 0.25) is 0 Å². The van der Waals surface area contributed by atoms with Crippen molar-refractivity contribution in [1.29, 1.82) is 0 Å². The Labute approximate surface area is 122 Å². The topological polar surface area (TPSA) is 68.0 Å². The molecular formula is C16H17N3O2. The van der Waals surface area contributed by atoms with Crippen LogP contribution in [0, 0.1) is 5.92 Å². The summed E-state index contributed by atoms with van der Waals surface area (Å²) in [6.07, 6.45) is 10.9. The van der Waals surface area contributed by atoms with E-state index in [-0.39, 0.29) is 5.56 Å². The summed E-state index contributed by atoms with van der Waals surface area (Å²) in [5, 5.41) is 13.3. The largest absolute Gasteiger partial charge is 0.478 e. The zero-order valence-electron chi connectivity index (χ0n) is 11.6. The lowest BCUT2D eigenvalue weighted by molar-refractivity contribution is 0.0696. The molecule has 5 nitrogen and oxygen atoms in total. The molecule has 1 N–H and O–H groups in total. The number of carbonyl (C=O) groups is 1. The molecule has 3 rings (SSSR count). The van der Waals surface area contributed by atoms with E-state index < -0.39 is 5.97 Å². The minimum atomic E-state index is -0.943. The first-order valence-corrected chi connectivity index (χ1v) is 7.11. The number of carboxylic acids is 1. The molecule has 0 unspecified atom stereocenters. The smallest absolute Gasteiger partial charge is 0.335 e. The van der Waals surface area contributed by atoms with Gasteiger partial charge in [0, 0.05) is 18.9 Å². The zero-order chi connectivity index (χ0) is 14.7. The third kappa shape index (κ3) is 3.18. The lowest BCUT2D eigenvalue weighted by atomic mass is 9.85. The molecule has 0 atom stereocenters. The van der Waals surface area contributed by atoms with E-state index >= 15 is 0 Å². The van der Waals surface area contributed by atoms with E-state index in [0.29, 0.717) is 5.69 Å². The number of hydrogen-bond donors (Lipinski definition) is 1. The zero-order valence-corrected chi connectivity index (χ0v) is 11.6. The van der Waals surface area contributed by atoms with Crippen molar-refractivity contribution in [3.63, 3.8) is 0 Å². The fraction of sp³-hybridized carbons (Fsp3) is 0.312. The minimum Gasteiger partial charge on any atom is -0.478 e. The van der Waals surface area contributed by atoms with Gasteiger partial charge in [0.15, 0.2) is 0 Å². The molecule has 2 aromatic rings. The van der Waals surface area contributed by atoms with Crippen LogP contribution in [-0.4, -0.2) is 25.8 Å². The second-order valence-electron chi connectivity index (χ2n) is 5.34. The summed E-state index contributed by atoms with van der Waals surface area (Å²) in [5.41, 5.74) is 1.89. The maximum absolute atomic E-state index is 10.9. The molecule has 0 aliphatic heterocycles. The normalized spacial score (nSPS) is 15.2. The average molecular weight is 283 g/mol. The van der Waals surface area contributed by atoms with Crippen LogP contribution >= 0.6 is 0 Å². The molecule has 2 aromatic heterocycles. The highest BCUT2D eigenvalue weighted by molar-refractivity contribution is 5.88. The summed E-state index contributed by atoms with van der Waals surface area (Å²) < 4.78 is 2.00. The first-order valence-electron chi connectivity index (χ1n) is 7.11. The number of rotatable bonds is 5. The van der Waals surface area contributed by atoms with Gasteiger partial charge in [-0.15, -0.1) is 0 Å². The Bertz CT molecular complexity index is 672. The van der Waals surface area contributed by atoms with Crippen LogP contribution < -0.4 is 0 Å². The van der Waals surface area contributed by atoms with Crippen molar-refractivity contribution in [3.8, 4) is 0 Å². The molecule has 5 heteroatoms. The van der Waals surface area contributed by atoms with Crippen molar-refractivity contribution in [2.75, 3.05) is 0 Å². The molecule has 0 radical (unpaired) electrons. The predicted molar refractivity (Wildman–Crippen MR) is 79.7 cm³/mol. The highest BCUT2D eigenvalue weighted by atomic mass is 16.4. The van der Waals surface area contributed by atoms with Crippen LogP contribution in [0.2, 0.25) is 0 Å². The quantitative estimate of drug-likeness (QED) is 0.916. The standard InChI is InChI=1S/C16H17N3O2/c20-16(21)13-6-8-17-14(10-13)4-5-15-7-9-18-19(15)11-12-2-1-3-12/h4-10,12H,1-3,11H2,(H,20,21)/b5-4+. The van der Waals surface area contributed by atoms with Crippen molar-refractivity contribution < 1.29 is 9.90 Å². The van der Waals surface area contributed by atoms with Crippen LogP contribution in [0.5, 0.6) is 0 Å². The van der Waals surface area contributed by atoms with Gasteiger partial charge in [0.05, 0.1) is 17.0 Å². The first-order chi connectivity index (χ1) is 10.2. The Kier molecular flexibility index (Phi) is 3.81. The first kappa shape index (κ1) is 13.5. The van der Waals surface area contributed by atoms with E-state index in [1.165, 1.54) is 31.5 Å². The maximum Gasteiger partial charge on any atom is 0.335 e. The minimum absolute atomic E-state index is 0.243. The predicted octanol–water partition coefficient (Wildman–Crippen LogP) is 2.95. The number of aromatic carboxylic acids is 1. The molecule has 0 bridgehead atoms. The molecule has 2 heterocycles. The van der Waals surface area contributed by atoms with Crippen molar-refractivity contribution in [3.05, 3.63) is 47.5 Å². The van der Waals surface area contributed by atoms with Gasteiger partial charge < -0.3 is 5.11 Å². The number of hydrogen-bond acceptors (Lipinski definition) is 3. The monoisotopic (exact) mass is 283 g/mol. The molecule has 1 aliphatic carbocycles. The maximum atomic E-state index is 10.9. The third-order valence-electron chi connectivity index (χ3n) is 3.86. The Hall–Kier alpha value is -2.43. The molecule has 0 saturated heterocycles. The Morgan fingerprint density at radius 3 is 2.90 bits per heavy atom. The molecule has 1 saturated carbocycles. The van der Waals surface area contributed by atoms with Gasteiger partial charge >= 0.3 is 5.97 Å². The van der Waals surface area contributed by atoms with Gasteiger partial charge in [0.25, 0.3) is 0 Å². The van der Waals surface area contributed by atoms with Crippen LogP contribution in [-0.2, 0) is 6.54 Å². The fourth-order valence-electron chi connectivity index (χ4n) is 2.40. The number of carboxylic acid groups (broad SMARTS) is 1. The lowest BCUT2D eigenvalue weighted by Crippen LogP contribution is -2.19. The fourth-order valence-corrected chi connectivity index (χ4v) is 2.40. The van der Waals surface area contributed by atoms with Crippen molar-refractivity contribution in [1.82, 2.24) is 14.8 Å². The van der Waals surface area contributed by atoms with Crippen LogP contribution in [0.4, 0.5) is 0 Å². The van der Waals surface area contributed by atoms with Crippen molar-refractivity contribution >= 4 is 18.1 Å². The van der Waals surface area contributed by atoms with Crippen LogP contribution in [0.1, 0.15) is 41.0 Å². The van der Waals surface area contributed by atoms with Gasteiger partial charge in [-0.1, -0.05) is 6.42 Å². The molecule has 21 heavy (non-hydrogen) atoms. The van der Waals surface area contributed by atoms with Gasteiger partial charge in [-0.05, 0) is 49.1 Å². The third-order valence-corrected chi connectivity index (χ3v) is 3.86. The molecule has 0 amide bonds. The summed E-state index contributed by atoms with van der Waals surface area (Å²) >= 11 is 0.